The molecule has 3 heteroatoms. The standard InChI is InChI=1S/C17H25NO2/c1-14(11-12-19)7-6-8-15(2)13-18-16-9-4-5-10-17(16)20-3/h4-5,8-11,18-19H,6-7,12-13H2,1-3H3/b14-11+,15-8+. The second-order valence-electron chi connectivity index (χ2n) is 4.88. The second-order valence-corrected chi connectivity index (χ2v) is 4.88. The van der Waals surface area contributed by atoms with Crippen molar-refractivity contribution in [1.29, 1.82) is 0 Å². The van der Waals surface area contributed by atoms with Crippen molar-refractivity contribution in [2.45, 2.75) is 26.7 Å². The van der Waals surface area contributed by atoms with E-state index in [0.717, 1.165) is 30.8 Å². The summed E-state index contributed by atoms with van der Waals surface area (Å²) in [5.74, 6) is 0.863. The van der Waals surface area contributed by atoms with Crippen LogP contribution >= 0.6 is 0 Å². The summed E-state index contributed by atoms with van der Waals surface area (Å²) in [6.45, 7) is 5.10. The molecular formula is C17H25NO2. The lowest BCUT2D eigenvalue weighted by atomic mass is 10.1. The van der Waals surface area contributed by atoms with Crippen LogP contribution in [-0.2, 0) is 0 Å². The molecule has 3 nitrogen and oxygen atoms in total. The number of methoxy groups -OCH3 is 1. The summed E-state index contributed by atoms with van der Waals surface area (Å²) in [5.41, 5.74) is 3.54. The van der Waals surface area contributed by atoms with Crippen LogP contribution in [0.1, 0.15) is 26.7 Å². The van der Waals surface area contributed by atoms with E-state index in [2.05, 4.69) is 18.3 Å². The normalized spacial score (nSPS) is 12.4. The number of anilines is 1. The number of ether oxygens (including phenoxy) is 1. The van der Waals surface area contributed by atoms with E-state index in [1.165, 1.54) is 11.1 Å². The van der Waals surface area contributed by atoms with Crippen molar-refractivity contribution in [3.05, 3.63) is 47.6 Å². The van der Waals surface area contributed by atoms with Crippen LogP contribution in [0.25, 0.3) is 0 Å². The summed E-state index contributed by atoms with van der Waals surface area (Å²) in [4.78, 5) is 0. The summed E-state index contributed by atoms with van der Waals surface area (Å²) >= 11 is 0. The largest absolute Gasteiger partial charge is 0.495 e. The Morgan fingerprint density at radius 3 is 2.65 bits per heavy atom. The first kappa shape index (κ1) is 16.3. The van der Waals surface area contributed by atoms with Gasteiger partial charge in [-0.15, -0.1) is 0 Å². The van der Waals surface area contributed by atoms with E-state index in [0.29, 0.717) is 0 Å². The third-order valence-electron chi connectivity index (χ3n) is 3.14. The SMILES string of the molecule is COc1ccccc1NC/C(C)=C/CC/C(C)=C/CO. The third kappa shape index (κ3) is 5.93. The van der Waals surface area contributed by atoms with E-state index in [1.54, 1.807) is 7.11 Å². The van der Waals surface area contributed by atoms with Gasteiger partial charge < -0.3 is 15.2 Å². The molecule has 0 aromatic heterocycles. The quantitative estimate of drug-likeness (QED) is 0.710. The molecule has 0 aliphatic heterocycles. The molecule has 0 spiro atoms. The van der Waals surface area contributed by atoms with Gasteiger partial charge in [-0.05, 0) is 38.8 Å². The molecule has 0 aliphatic carbocycles. The van der Waals surface area contributed by atoms with Crippen LogP contribution in [0.2, 0.25) is 0 Å². The Morgan fingerprint density at radius 1 is 1.20 bits per heavy atom. The van der Waals surface area contributed by atoms with Gasteiger partial charge in [-0.3, -0.25) is 0 Å². The fraction of sp³-hybridized carbons (Fsp3) is 0.412. The van der Waals surface area contributed by atoms with Gasteiger partial charge in [-0.25, -0.2) is 0 Å². The molecule has 1 aromatic rings. The minimum absolute atomic E-state index is 0.129. The van der Waals surface area contributed by atoms with Crippen molar-refractivity contribution >= 4 is 5.69 Å². The maximum Gasteiger partial charge on any atom is 0.141 e. The Bertz CT molecular complexity index is 464. The lowest BCUT2D eigenvalue weighted by molar-refractivity contribution is 0.341. The zero-order valence-corrected chi connectivity index (χ0v) is 12.6. The van der Waals surface area contributed by atoms with E-state index < -0.39 is 0 Å². The first-order valence-electron chi connectivity index (χ1n) is 6.96. The lowest BCUT2D eigenvalue weighted by Gasteiger charge is -2.11. The monoisotopic (exact) mass is 275 g/mol. The van der Waals surface area contributed by atoms with Gasteiger partial charge in [-0.2, -0.15) is 0 Å². The topological polar surface area (TPSA) is 41.5 Å². The summed E-state index contributed by atoms with van der Waals surface area (Å²) in [6.07, 6.45) is 6.09. The minimum Gasteiger partial charge on any atom is -0.495 e. The Morgan fingerprint density at radius 2 is 1.95 bits per heavy atom. The van der Waals surface area contributed by atoms with Crippen LogP contribution in [0.5, 0.6) is 5.75 Å². The maximum absolute atomic E-state index is 8.79. The fourth-order valence-corrected chi connectivity index (χ4v) is 1.90. The zero-order valence-electron chi connectivity index (χ0n) is 12.6. The van der Waals surface area contributed by atoms with E-state index >= 15 is 0 Å². The Labute approximate surface area is 122 Å². The summed E-state index contributed by atoms with van der Waals surface area (Å²) in [5, 5.41) is 12.2. The van der Waals surface area contributed by atoms with Crippen molar-refractivity contribution in [2.24, 2.45) is 0 Å². The molecule has 1 aromatic carbocycles. The molecule has 20 heavy (non-hydrogen) atoms. The predicted octanol–water partition coefficient (Wildman–Crippen LogP) is 3.77. The highest BCUT2D eigenvalue weighted by atomic mass is 16.5. The van der Waals surface area contributed by atoms with Crippen LogP contribution in [0.3, 0.4) is 0 Å². The van der Waals surface area contributed by atoms with E-state index in [9.17, 15) is 0 Å². The molecule has 0 fully saturated rings. The van der Waals surface area contributed by atoms with Crippen LogP contribution in [0, 0.1) is 0 Å². The van der Waals surface area contributed by atoms with E-state index in [-0.39, 0.29) is 6.61 Å². The molecule has 110 valence electrons. The molecular weight excluding hydrogens is 250 g/mol. The number of aliphatic hydroxyl groups excluding tert-OH is 1. The van der Waals surface area contributed by atoms with Crippen LogP contribution in [0.4, 0.5) is 5.69 Å². The number of benzene rings is 1. The van der Waals surface area contributed by atoms with Crippen LogP contribution in [0.15, 0.2) is 47.6 Å². The molecule has 0 bridgehead atoms. The van der Waals surface area contributed by atoms with Crippen molar-refractivity contribution in [3.8, 4) is 5.75 Å². The van der Waals surface area contributed by atoms with E-state index in [1.807, 2.05) is 37.3 Å². The molecule has 0 unspecified atom stereocenters. The molecule has 0 saturated heterocycles. The third-order valence-corrected chi connectivity index (χ3v) is 3.14. The van der Waals surface area contributed by atoms with Crippen molar-refractivity contribution in [3.63, 3.8) is 0 Å². The minimum atomic E-state index is 0.129. The number of allylic oxidation sites excluding steroid dienone is 2. The first-order chi connectivity index (χ1) is 9.67. The van der Waals surface area contributed by atoms with Gasteiger partial charge in [0.15, 0.2) is 0 Å². The summed E-state index contributed by atoms with van der Waals surface area (Å²) in [6, 6.07) is 7.92. The van der Waals surface area contributed by atoms with Gasteiger partial charge in [0.25, 0.3) is 0 Å². The Balaban J connectivity index is 2.42. The van der Waals surface area contributed by atoms with Crippen molar-refractivity contribution in [2.75, 3.05) is 25.6 Å². The maximum atomic E-state index is 8.79. The molecule has 0 atom stereocenters. The van der Waals surface area contributed by atoms with Gasteiger partial charge in [0.05, 0.1) is 19.4 Å². The average molecular weight is 275 g/mol. The van der Waals surface area contributed by atoms with Gasteiger partial charge in [0, 0.05) is 6.54 Å². The molecule has 0 saturated carbocycles. The highest BCUT2D eigenvalue weighted by Gasteiger charge is 2.00. The van der Waals surface area contributed by atoms with Gasteiger partial charge in [-0.1, -0.05) is 35.4 Å². The smallest absolute Gasteiger partial charge is 0.141 e. The molecule has 0 radical (unpaired) electrons. The Hall–Kier alpha value is -1.74. The molecule has 0 heterocycles. The molecule has 1 rings (SSSR count). The van der Waals surface area contributed by atoms with Crippen LogP contribution < -0.4 is 10.1 Å². The number of rotatable bonds is 8. The van der Waals surface area contributed by atoms with Gasteiger partial charge in [0.2, 0.25) is 0 Å². The molecule has 0 amide bonds. The average Bonchev–Trinajstić information content (AvgIpc) is 2.45. The summed E-state index contributed by atoms with van der Waals surface area (Å²) in [7, 11) is 1.68. The summed E-state index contributed by atoms with van der Waals surface area (Å²) < 4.78 is 5.30. The van der Waals surface area contributed by atoms with Gasteiger partial charge in [0.1, 0.15) is 5.75 Å². The fourth-order valence-electron chi connectivity index (χ4n) is 1.90. The highest BCUT2D eigenvalue weighted by molar-refractivity contribution is 5.56. The van der Waals surface area contributed by atoms with Crippen molar-refractivity contribution < 1.29 is 9.84 Å². The number of hydrogen-bond acceptors (Lipinski definition) is 3. The molecule has 2 N–H and O–H groups in total. The predicted molar refractivity (Wildman–Crippen MR) is 85.3 cm³/mol. The second kappa shape index (κ2) is 9.21. The van der Waals surface area contributed by atoms with Crippen molar-refractivity contribution in [1.82, 2.24) is 0 Å². The number of para-hydroxylation sites is 2. The number of hydrogen-bond donors (Lipinski definition) is 2. The zero-order chi connectivity index (χ0) is 14.8. The highest BCUT2D eigenvalue weighted by Crippen LogP contribution is 2.23. The Kier molecular flexibility index (Phi) is 7.51. The lowest BCUT2D eigenvalue weighted by Crippen LogP contribution is -2.04. The van der Waals surface area contributed by atoms with Crippen LogP contribution in [-0.4, -0.2) is 25.4 Å². The number of nitrogens with one attached hydrogen (secondary N) is 1. The van der Waals surface area contributed by atoms with E-state index in [4.69, 9.17) is 9.84 Å². The van der Waals surface area contributed by atoms with Gasteiger partial charge >= 0.3 is 0 Å². The molecule has 0 aliphatic rings. The first-order valence-corrected chi connectivity index (χ1v) is 6.96. The number of aliphatic hydroxyl groups is 1.